The van der Waals surface area contributed by atoms with Gasteiger partial charge in [-0.2, -0.15) is 0 Å². The van der Waals surface area contributed by atoms with Gasteiger partial charge in [0.05, 0.1) is 23.5 Å². The molecule has 3 rings (SSSR count). The van der Waals surface area contributed by atoms with E-state index in [0.29, 0.717) is 29.1 Å². The van der Waals surface area contributed by atoms with Gasteiger partial charge in [-0.3, -0.25) is 4.98 Å². The van der Waals surface area contributed by atoms with Gasteiger partial charge in [0, 0.05) is 17.6 Å². The fourth-order valence-electron chi connectivity index (χ4n) is 2.81. The quantitative estimate of drug-likeness (QED) is 0.540. The smallest absolute Gasteiger partial charge is 0.341 e. The molecule has 0 unspecified atom stereocenters. The number of carbonyl (C=O) groups is 1. The van der Waals surface area contributed by atoms with Crippen LogP contribution in [0.15, 0.2) is 54.7 Å². The molecule has 3 N–H and O–H groups in total. The van der Waals surface area contributed by atoms with Gasteiger partial charge in [-0.15, -0.1) is 0 Å². The average molecular weight is 335 g/mol. The normalized spacial score (nSPS) is 11.9. The number of hydrogen-bond acceptors (Lipinski definition) is 5. The van der Waals surface area contributed by atoms with Crippen molar-refractivity contribution in [3.63, 3.8) is 0 Å². The van der Waals surface area contributed by atoms with Crippen molar-refractivity contribution in [1.29, 1.82) is 0 Å². The highest BCUT2D eigenvalue weighted by Crippen LogP contribution is 2.32. The minimum absolute atomic E-state index is 0.00130. The highest BCUT2D eigenvalue weighted by Gasteiger charge is 2.19. The van der Waals surface area contributed by atoms with E-state index in [9.17, 15) is 4.79 Å². The summed E-state index contributed by atoms with van der Waals surface area (Å²) in [7, 11) is 0. The van der Waals surface area contributed by atoms with E-state index in [4.69, 9.17) is 10.5 Å². The first kappa shape index (κ1) is 16.8. The van der Waals surface area contributed by atoms with Gasteiger partial charge in [0.1, 0.15) is 5.56 Å². The first-order chi connectivity index (χ1) is 12.1. The van der Waals surface area contributed by atoms with Crippen LogP contribution in [0, 0.1) is 0 Å². The molecule has 0 saturated carbocycles. The zero-order valence-electron chi connectivity index (χ0n) is 14.3. The summed E-state index contributed by atoms with van der Waals surface area (Å²) in [6, 6.07) is 15.6. The Bertz CT molecular complexity index is 894. The predicted molar refractivity (Wildman–Crippen MR) is 101 cm³/mol. The van der Waals surface area contributed by atoms with Crippen LogP contribution >= 0.6 is 0 Å². The number of carbonyl (C=O) groups excluding carboxylic acids is 1. The van der Waals surface area contributed by atoms with Crippen LogP contribution in [-0.4, -0.2) is 17.6 Å². The second kappa shape index (κ2) is 7.21. The molecule has 1 atom stereocenters. The van der Waals surface area contributed by atoms with Gasteiger partial charge < -0.3 is 15.8 Å². The lowest BCUT2D eigenvalue weighted by molar-refractivity contribution is 0.0527. The van der Waals surface area contributed by atoms with Gasteiger partial charge in [0.2, 0.25) is 0 Å². The van der Waals surface area contributed by atoms with E-state index in [1.807, 2.05) is 49.4 Å². The van der Waals surface area contributed by atoms with Crippen LogP contribution in [0.25, 0.3) is 10.9 Å². The van der Waals surface area contributed by atoms with Crippen molar-refractivity contribution in [1.82, 2.24) is 4.98 Å². The number of aromatic nitrogens is 1. The number of nitrogens with zero attached hydrogens (tertiary/aromatic N) is 1. The number of anilines is 2. The molecule has 5 nitrogen and oxygen atoms in total. The van der Waals surface area contributed by atoms with Crippen LogP contribution in [0.5, 0.6) is 0 Å². The predicted octanol–water partition coefficient (Wildman–Crippen LogP) is 4.17. The lowest BCUT2D eigenvalue weighted by atomic mass is 10.0. The summed E-state index contributed by atoms with van der Waals surface area (Å²) in [4.78, 5) is 16.7. The summed E-state index contributed by atoms with van der Waals surface area (Å²) < 4.78 is 5.18. The highest BCUT2D eigenvalue weighted by atomic mass is 16.5. The van der Waals surface area contributed by atoms with Gasteiger partial charge in [-0.1, -0.05) is 42.5 Å². The van der Waals surface area contributed by atoms with Crippen LogP contribution in [0.2, 0.25) is 0 Å². The molecule has 2 aromatic carbocycles. The number of benzene rings is 2. The summed E-state index contributed by atoms with van der Waals surface area (Å²) >= 11 is 0. The Hall–Kier alpha value is -3.08. The molecule has 0 saturated heterocycles. The van der Waals surface area contributed by atoms with E-state index >= 15 is 0 Å². The molecule has 0 spiro atoms. The van der Waals surface area contributed by atoms with E-state index in [1.54, 1.807) is 13.0 Å². The molecule has 128 valence electrons. The lowest BCUT2D eigenvalue weighted by Crippen LogP contribution is -2.14. The monoisotopic (exact) mass is 335 g/mol. The third kappa shape index (κ3) is 3.40. The molecule has 1 aromatic heterocycles. The molecule has 25 heavy (non-hydrogen) atoms. The molecule has 0 radical (unpaired) electrons. The van der Waals surface area contributed by atoms with E-state index in [1.165, 1.54) is 6.20 Å². The van der Waals surface area contributed by atoms with E-state index in [-0.39, 0.29) is 6.04 Å². The molecule has 0 fully saturated rings. The fourth-order valence-corrected chi connectivity index (χ4v) is 2.81. The number of pyridine rings is 1. The number of nitrogen functional groups attached to an aromatic ring is 1. The lowest BCUT2D eigenvalue weighted by Gasteiger charge is -2.20. The molecule has 1 heterocycles. The molecule has 0 amide bonds. The van der Waals surface area contributed by atoms with E-state index in [2.05, 4.69) is 10.3 Å². The first-order valence-corrected chi connectivity index (χ1v) is 8.27. The van der Waals surface area contributed by atoms with E-state index in [0.717, 1.165) is 10.9 Å². The summed E-state index contributed by atoms with van der Waals surface area (Å²) in [6.07, 6.45) is 1.52. The fraction of sp³-hybridized carbons (Fsp3) is 0.200. The highest BCUT2D eigenvalue weighted by molar-refractivity contribution is 6.07. The van der Waals surface area contributed by atoms with Crippen LogP contribution in [0.1, 0.15) is 35.8 Å². The Kier molecular flexibility index (Phi) is 4.84. The van der Waals surface area contributed by atoms with Crippen molar-refractivity contribution in [2.45, 2.75) is 19.9 Å². The van der Waals surface area contributed by atoms with Gasteiger partial charge >= 0.3 is 5.97 Å². The van der Waals surface area contributed by atoms with Crippen LogP contribution in [0.3, 0.4) is 0 Å². The number of hydrogen-bond donors (Lipinski definition) is 2. The maximum Gasteiger partial charge on any atom is 0.341 e. The number of para-hydroxylation sites is 1. The van der Waals surface area contributed by atoms with Gasteiger partial charge in [0.15, 0.2) is 0 Å². The van der Waals surface area contributed by atoms with Gasteiger partial charge in [-0.05, 0) is 25.5 Å². The third-order valence-electron chi connectivity index (χ3n) is 4.08. The summed E-state index contributed by atoms with van der Waals surface area (Å²) in [5.74, 6) is -0.401. The Labute approximate surface area is 146 Å². The van der Waals surface area contributed by atoms with Crippen molar-refractivity contribution in [2.75, 3.05) is 17.7 Å². The zero-order valence-corrected chi connectivity index (χ0v) is 14.3. The van der Waals surface area contributed by atoms with Crippen LogP contribution in [0.4, 0.5) is 11.4 Å². The first-order valence-electron chi connectivity index (χ1n) is 8.27. The molecule has 3 aromatic rings. The number of esters is 1. The van der Waals surface area contributed by atoms with Crippen molar-refractivity contribution in [3.8, 4) is 0 Å². The minimum atomic E-state index is -0.401. The molecule has 0 aliphatic heterocycles. The number of nitrogens with two attached hydrogens (primary N) is 1. The SMILES string of the molecule is CCOC(=O)c1cnc2c(N)cccc2c1N[C@H](C)c1ccccc1. The standard InChI is InChI=1S/C20H21N3O2/c1-3-25-20(24)16-12-22-19-15(10-7-11-17(19)21)18(16)23-13(2)14-8-5-4-6-9-14/h4-13H,3,21H2,1-2H3,(H,22,23)/t13-/m1/s1. The minimum Gasteiger partial charge on any atom is -0.462 e. The number of nitrogens with one attached hydrogen (secondary N) is 1. The molecule has 5 heteroatoms. The number of ether oxygens (including phenoxy) is 1. The topological polar surface area (TPSA) is 77.2 Å². The van der Waals surface area contributed by atoms with Crippen LogP contribution < -0.4 is 11.1 Å². The summed E-state index contributed by atoms with van der Waals surface area (Å²) in [5, 5.41) is 4.24. The van der Waals surface area contributed by atoms with E-state index < -0.39 is 5.97 Å². The summed E-state index contributed by atoms with van der Waals surface area (Å²) in [5.41, 5.74) is 9.49. The van der Waals surface area contributed by atoms with Crippen molar-refractivity contribution in [3.05, 3.63) is 65.9 Å². The van der Waals surface area contributed by atoms with Gasteiger partial charge in [-0.25, -0.2) is 4.79 Å². The maximum atomic E-state index is 12.4. The molecular weight excluding hydrogens is 314 g/mol. The Balaban J connectivity index is 2.10. The molecular formula is C20H21N3O2. The molecule has 0 aliphatic rings. The zero-order chi connectivity index (χ0) is 17.8. The Morgan fingerprint density at radius 2 is 1.96 bits per heavy atom. The molecule has 0 bridgehead atoms. The Morgan fingerprint density at radius 1 is 1.20 bits per heavy atom. The van der Waals surface area contributed by atoms with Gasteiger partial charge in [0.25, 0.3) is 0 Å². The average Bonchev–Trinajstić information content (AvgIpc) is 2.63. The molecule has 0 aliphatic carbocycles. The second-order valence-corrected chi connectivity index (χ2v) is 5.79. The summed E-state index contributed by atoms with van der Waals surface area (Å²) in [6.45, 7) is 4.13. The third-order valence-corrected chi connectivity index (χ3v) is 4.08. The van der Waals surface area contributed by atoms with Crippen LogP contribution in [-0.2, 0) is 4.74 Å². The largest absolute Gasteiger partial charge is 0.462 e. The van der Waals surface area contributed by atoms with Crippen molar-refractivity contribution < 1.29 is 9.53 Å². The maximum absolute atomic E-state index is 12.4. The van der Waals surface area contributed by atoms with Crippen molar-refractivity contribution >= 4 is 28.2 Å². The second-order valence-electron chi connectivity index (χ2n) is 5.79. The Morgan fingerprint density at radius 3 is 2.68 bits per heavy atom. The number of rotatable bonds is 5. The number of fused-ring (bicyclic) bond motifs is 1. The van der Waals surface area contributed by atoms with Crippen molar-refractivity contribution in [2.24, 2.45) is 0 Å².